The molecule has 1 atom stereocenters. The molecule has 0 saturated carbocycles. The first-order valence-corrected chi connectivity index (χ1v) is 7.15. The van der Waals surface area contributed by atoms with Gasteiger partial charge < -0.3 is 10.6 Å². The third-order valence-corrected chi connectivity index (χ3v) is 3.86. The van der Waals surface area contributed by atoms with Gasteiger partial charge in [0.15, 0.2) is 0 Å². The van der Waals surface area contributed by atoms with Crippen LogP contribution in [0.4, 0.5) is 0 Å². The maximum Gasteiger partial charge on any atom is 0.106 e. The van der Waals surface area contributed by atoms with E-state index in [1.54, 1.807) is 11.3 Å². The normalized spacial score (nSPS) is 21.1. The molecule has 0 amide bonds. The first kappa shape index (κ1) is 12.0. The van der Waals surface area contributed by atoms with Crippen LogP contribution in [-0.4, -0.2) is 24.1 Å². The van der Waals surface area contributed by atoms with Gasteiger partial charge in [0, 0.05) is 24.2 Å². The van der Waals surface area contributed by atoms with Crippen LogP contribution in [0.1, 0.15) is 37.1 Å². The molecule has 4 heteroatoms. The van der Waals surface area contributed by atoms with E-state index in [1.807, 2.05) is 11.6 Å². The Labute approximate surface area is 102 Å². The molecule has 1 fully saturated rings. The van der Waals surface area contributed by atoms with Crippen LogP contribution >= 0.6 is 11.3 Å². The molecule has 1 unspecified atom stereocenters. The highest BCUT2D eigenvalue weighted by atomic mass is 32.1. The van der Waals surface area contributed by atoms with E-state index in [4.69, 9.17) is 0 Å². The van der Waals surface area contributed by atoms with Crippen molar-refractivity contribution >= 4 is 11.3 Å². The summed E-state index contributed by atoms with van der Waals surface area (Å²) in [5.41, 5.74) is 0. The summed E-state index contributed by atoms with van der Waals surface area (Å²) >= 11 is 1.72. The summed E-state index contributed by atoms with van der Waals surface area (Å²) in [4.78, 5) is 4.25. The second-order valence-corrected chi connectivity index (χ2v) is 5.37. The van der Waals surface area contributed by atoms with Gasteiger partial charge >= 0.3 is 0 Å². The third kappa shape index (κ3) is 4.20. The zero-order valence-electron chi connectivity index (χ0n) is 9.74. The van der Waals surface area contributed by atoms with E-state index in [0.717, 1.165) is 19.1 Å². The summed E-state index contributed by atoms with van der Waals surface area (Å²) in [6, 6.07) is 0.774. The number of piperidine rings is 1. The van der Waals surface area contributed by atoms with Crippen molar-refractivity contribution in [2.45, 2.75) is 44.7 Å². The summed E-state index contributed by atoms with van der Waals surface area (Å²) < 4.78 is 0. The molecule has 1 aliphatic heterocycles. The lowest BCUT2D eigenvalue weighted by Crippen LogP contribution is -2.34. The number of aromatic nitrogens is 1. The minimum absolute atomic E-state index is 0.774. The molecule has 90 valence electrons. The van der Waals surface area contributed by atoms with Gasteiger partial charge in [0.1, 0.15) is 5.01 Å². The summed E-state index contributed by atoms with van der Waals surface area (Å²) in [6.45, 7) is 3.25. The van der Waals surface area contributed by atoms with Crippen LogP contribution < -0.4 is 10.6 Å². The first-order chi connectivity index (χ1) is 7.95. The van der Waals surface area contributed by atoms with Crippen molar-refractivity contribution in [3.8, 4) is 0 Å². The molecule has 3 nitrogen and oxygen atoms in total. The molecule has 0 bridgehead atoms. The Kier molecular flexibility index (Phi) is 5.25. The number of hydrogen-bond acceptors (Lipinski definition) is 4. The van der Waals surface area contributed by atoms with Crippen LogP contribution in [0.3, 0.4) is 0 Å². The second kappa shape index (κ2) is 6.99. The minimum Gasteiger partial charge on any atom is -0.314 e. The molecule has 1 aromatic rings. The Hall–Kier alpha value is -0.450. The average molecular weight is 239 g/mol. The molecular weight excluding hydrogens is 218 g/mol. The summed E-state index contributed by atoms with van der Waals surface area (Å²) in [6.07, 6.45) is 8.58. The molecule has 1 aromatic heterocycles. The molecule has 0 aliphatic carbocycles. The number of nitrogens with zero attached hydrogens (tertiary/aromatic N) is 1. The SMILES string of the molecule is c1csc(CNCCCC2CCCCN2)n1. The van der Waals surface area contributed by atoms with Crippen molar-refractivity contribution in [1.29, 1.82) is 0 Å². The molecule has 0 aromatic carbocycles. The lowest BCUT2D eigenvalue weighted by atomic mass is 10.0. The van der Waals surface area contributed by atoms with Gasteiger partial charge in [0.05, 0.1) is 0 Å². The lowest BCUT2D eigenvalue weighted by molar-refractivity contribution is 0.373. The molecule has 0 spiro atoms. The van der Waals surface area contributed by atoms with Gasteiger partial charge in [-0.3, -0.25) is 0 Å². The van der Waals surface area contributed by atoms with E-state index in [0.29, 0.717) is 0 Å². The van der Waals surface area contributed by atoms with Gasteiger partial charge in [-0.1, -0.05) is 6.42 Å². The highest BCUT2D eigenvalue weighted by molar-refractivity contribution is 7.09. The van der Waals surface area contributed by atoms with Crippen molar-refractivity contribution in [1.82, 2.24) is 15.6 Å². The topological polar surface area (TPSA) is 37.0 Å². The highest BCUT2D eigenvalue weighted by Crippen LogP contribution is 2.11. The van der Waals surface area contributed by atoms with E-state index < -0.39 is 0 Å². The Bertz CT molecular complexity index is 268. The van der Waals surface area contributed by atoms with Gasteiger partial charge in [-0.25, -0.2) is 4.98 Å². The van der Waals surface area contributed by atoms with E-state index >= 15 is 0 Å². The van der Waals surface area contributed by atoms with Crippen LogP contribution in [-0.2, 0) is 6.54 Å². The predicted molar refractivity (Wildman–Crippen MR) is 68.7 cm³/mol. The van der Waals surface area contributed by atoms with Crippen LogP contribution in [0, 0.1) is 0 Å². The number of rotatable bonds is 6. The van der Waals surface area contributed by atoms with E-state index in [9.17, 15) is 0 Å². The number of nitrogens with one attached hydrogen (secondary N) is 2. The smallest absolute Gasteiger partial charge is 0.106 e. The third-order valence-electron chi connectivity index (χ3n) is 3.08. The van der Waals surface area contributed by atoms with E-state index in [2.05, 4.69) is 15.6 Å². The summed E-state index contributed by atoms with van der Waals surface area (Å²) in [5, 5.41) is 10.3. The fourth-order valence-electron chi connectivity index (χ4n) is 2.18. The molecule has 2 rings (SSSR count). The van der Waals surface area contributed by atoms with Crippen LogP contribution in [0.2, 0.25) is 0 Å². The maximum absolute atomic E-state index is 4.25. The fourth-order valence-corrected chi connectivity index (χ4v) is 2.77. The largest absolute Gasteiger partial charge is 0.314 e. The molecule has 0 radical (unpaired) electrons. The van der Waals surface area contributed by atoms with Crippen molar-refractivity contribution in [3.63, 3.8) is 0 Å². The molecule has 16 heavy (non-hydrogen) atoms. The molecule has 2 heterocycles. The quantitative estimate of drug-likeness (QED) is 0.747. The average Bonchev–Trinajstić information content (AvgIpc) is 2.83. The molecule has 2 N–H and O–H groups in total. The highest BCUT2D eigenvalue weighted by Gasteiger charge is 2.11. The summed E-state index contributed by atoms with van der Waals surface area (Å²) in [5.74, 6) is 0. The van der Waals surface area contributed by atoms with Gasteiger partial charge in [0.2, 0.25) is 0 Å². The first-order valence-electron chi connectivity index (χ1n) is 6.27. The van der Waals surface area contributed by atoms with Gasteiger partial charge in [-0.2, -0.15) is 0 Å². The predicted octanol–water partition coefficient (Wildman–Crippen LogP) is 2.15. The van der Waals surface area contributed by atoms with Crippen molar-refractivity contribution in [2.24, 2.45) is 0 Å². The standard InChI is InChI=1S/C12H21N3S/c1-2-7-14-11(4-1)5-3-6-13-10-12-15-8-9-16-12/h8-9,11,13-14H,1-7,10H2. The zero-order valence-corrected chi connectivity index (χ0v) is 10.6. The number of hydrogen-bond donors (Lipinski definition) is 2. The van der Waals surface area contributed by atoms with Gasteiger partial charge in [-0.05, 0) is 38.8 Å². The monoisotopic (exact) mass is 239 g/mol. The molecule has 1 aliphatic rings. The van der Waals surface area contributed by atoms with Crippen molar-refractivity contribution in [3.05, 3.63) is 16.6 Å². The maximum atomic E-state index is 4.25. The van der Waals surface area contributed by atoms with Crippen LogP contribution in [0.25, 0.3) is 0 Å². The van der Waals surface area contributed by atoms with Crippen LogP contribution in [0.5, 0.6) is 0 Å². The molecular formula is C12H21N3S. The van der Waals surface area contributed by atoms with Gasteiger partial charge in [-0.15, -0.1) is 11.3 Å². The van der Waals surface area contributed by atoms with Gasteiger partial charge in [0.25, 0.3) is 0 Å². The fraction of sp³-hybridized carbons (Fsp3) is 0.750. The zero-order chi connectivity index (χ0) is 11.1. The Morgan fingerprint density at radius 2 is 2.50 bits per heavy atom. The van der Waals surface area contributed by atoms with Crippen LogP contribution in [0.15, 0.2) is 11.6 Å². The Balaban J connectivity index is 1.48. The lowest BCUT2D eigenvalue weighted by Gasteiger charge is -2.23. The summed E-state index contributed by atoms with van der Waals surface area (Å²) in [7, 11) is 0. The van der Waals surface area contributed by atoms with Crippen molar-refractivity contribution < 1.29 is 0 Å². The number of thiazole rings is 1. The van der Waals surface area contributed by atoms with Crippen molar-refractivity contribution in [2.75, 3.05) is 13.1 Å². The Morgan fingerprint density at radius 1 is 1.50 bits per heavy atom. The minimum atomic E-state index is 0.774. The van der Waals surface area contributed by atoms with E-state index in [1.165, 1.54) is 43.7 Å². The Morgan fingerprint density at radius 3 is 3.25 bits per heavy atom. The molecule has 1 saturated heterocycles. The second-order valence-electron chi connectivity index (χ2n) is 4.39. The van der Waals surface area contributed by atoms with E-state index in [-0.39, 0.29) is 0 Å².